The van der Waals surface area contributed by atoms with E-state index in [1.54, 1.807) is 6.92 Å². The first-order chi connectivity index (χ1) is 3.29. The molecule has 4 heteroatoms. The van der Waals surface area contributed by atoms with E-state index in [0.29, 0.717) is 0 Å². The molecule has 0 fully saturated rings. The molecule has 1 aliphatic rings. The minimum Gasteiger partial charge on any atom is -0.432 e. The van der Waals surface area contributed by atoms with Gasteiger partial charge in [-0.05, 0) is 18.2 Å². The summed E-state index contributed by atoms with van der Waals surface area (Å²) in [6.45, 7) is 1.80. The predicted octanol–water partition coefficient (Wildman–Crippen LogP) is 2.36. The smallest absolute Gasteiger partial charge is 0.400 e. The van der Waals surface area contributed by atoms with Gasteiger partial charge in [-0.2, -0.15) is 0 Å². The summed E-state index contributed by atoms with van der Waals surface area (Å²) in [6, 6.07) is 0. The molecule has 1 heterocycles. The van der Waals surface area contributed by atoms with E-state index in [2.05, 4.69) is 0 Å². The molecule has 1 unspecified atom stereocenters. The topological polar surface area (TPSA) is 18.5 Å². The Bertz CT molecular complexity index is 103. The van der Waals surface area contributed by atoms with Gasteiger partial charge in [0, 0.05) is 0 Å². The fourth-order valence-electron chi connectivity index (χ4n) is 0.272. The van der Waals surface area contributed by atoms with Crippen molar-refractivity contribution in [2.75, 3.05) is 0 Å². The van der Waals surface area contributed by atoms with E-state index in [4.69, 9.17) is 20.3 Å². The zero-order chi connectivity index (χ0) is 5.28. The minimum atomic E-state index is -1.12. The number of allylic oxidation sites excluding steroid dienone is 1. The predicted molar refractivity (Wildman–Crippen MR) is 28.7 cm³/mol. The van der Waals surface area contributed by atoms with Crippen molar-refractivity contribution >= 4 is 19.0 Å². The molecule has 0 saturated carbocycles. The lowest BCUT2D eigenvalue weighted by atomic mass is 10.7. The fraction of sp³-hybridized carbons (Fsp3) is 0.333. The van der Waals surface area contributed by atoms with Crippen LogP contribution in [0.4, 0.5) is 0 Å². The van der Waals surface area contributed by atoms with Crippen LogP contribution in [0.5, 0.6) is 0 Å². The van der Waals surface area contributed by atoms with E-state index in [1.165, 1.54) is 6.26 Å². The van der Waals surface area contributed by atoms with Gasteiger partial charge in [-0.25, -0.2) is 0 Å². The second-order valence-electron chi connectivity index (χ2n) is 1.14. The van der Waals surface area contributed by atoms with Crippen LogP contribution in [0.3, 0.4) is 0 Å². The highest BCUT2D eigenvalue weighted by Gasteiger charge is 2.13. The molecule has 40 valence electrons. The molecule has 0 aromatic heterocycles. The molecule has 0 amide bonds. The second-order valence-corrected chi connectivity index (χ2v) is 2.78. The van der Waals surface area contributed by atoms with Crippen molar-refractivity contribution in [2.24, 2.45) is 0 Å². The molecule has 0 aliphatic carbocycles. The Hall–Kier alpha value is 0.0600. The van der Waals surface area contributed by atoms with Gasteiger partial charge in [0.15, 0.2) is 0 Å². The van der Waals surface area contributed by atoms with E-state index >= 15 is 0 Å². The van der Waals surface area contributed by atoms with Gasteiger partial charge >= 0.3 is 7.73 Å². The lowest BCUT2D eigenvalue weighted by Crippen LogP contribution is -1.63. The van der Waals surface area contributed by atoms with E-state index in [9.17, 15) is 0 Å². The summed E-state index contributed by atoms with van der Waals surface area (Å²) in [5.74, 6) is 0.751. The fourth-order valence-corrected chi connectivity index (χ4v) is 1.26. The van der Waals surface area contributed by atoms with E-state index in [1.807, 2.05) is 0 Å². The summed E-state index contributed by atoms with van der Waals surface area (Å²) in [5.41, 5.74) is 0. The van der Waals surface area contributed by atoms with Crippen molar-refractivity contribution < 1.29 is 9.05 Å². The summed E-state index contributed by atoms with van der Waals surface area (Å²) < 4.78 is 9.54. The highest BCUT2D eigenvalue weighted by Crippen LogP contribution is 2.50. The van der Waals surface area contributed by atoms with Gasteiger partial charge in [0.2, 0.25) is 0 Å². The number of halogens is 1. The molecule has 1 aliphatic heterocycles. The Labute approximate surface area is 47.8 Å². The van der Waals surface area contributed by atoms with Crippen LogP contribution in [0.1, 0.15) is 6.92 Å². The molecule has 0 N–H and O–H groups in total. The Kier molecular flexibility index (Phi) is 1.40. The van der Waals surface area contributed by atoms with Gasteiger partial charge < -0.3 is 9.05 Å². The highest BCUT2D eigenvalue weighted by atomic mass is 35.7. The van der Waals surface area contributed by atoms with Crippen LogP contribution in [0.25, 0.3) is 0 Å². The number of hydrogen-bond donors (Lipinski definition) is 0. The Morgan fingerprint density at radius 3 is 2.71 bits per heavy atom. The molecule has 0 aromatic rings. The summed E-state index contributed by atoms with van der Waals surface area (Å²) in [6.07, 6.45) is 1.51. The third kappa shape index (κ3) is 1.22. The first-order valence-electron chi connectivity index (χ1n) is 1.76. The summed E-state index contributed by atoms with van der Waals surface area (Å²) in [4.78, 5) is 0. The highest BCUT2D eigenvalue weighted by molar-refractivity contribution is 7.76. The zero-order valence-corrected chi connectivity index (χ0v) is 5.37. The quantitative estimate of drug-likeness (QED) is 0.479. The maximum absolute atomic E-state index is 5.38. The Balaban J connectivity index is 2.42. The SMILES string of the molecule is CC1=COP(Cl)O1. The van der Waals surface area contributed by atoms with Crippen LogP contribution in [-0.4, -0.2) is 0 Å². The molecule has 7 heavy (non-hydrogen) atoms. The van der Waals surface area contributed by atoms with Crippen LogP contribution in [0.15, 0.2) is 12.0 Å². The summed E-state index contributed by atoms with van der Waals surface area (Å²) in [7, 11) is -1.12. The Morgan fingerprint density at radius 1 is 1.86 bits per heavy atom. The largest absolute Gasteiger partial charge is 0.432 e. The molecule has 0 saturated heterocycles. The van der Waals surface area contributed by atoms with E-state index < -0.39 is 7.73 Å². The minimum absolute atomic E-state index is 0.751. The third-order valence-electron chi connectivity index (χ3n) is 0.517. The van der Waals surface area contributed by atoms with Gasteiger partial charge in [0.1, 0.15) is 12.0 Å². The van der Waals surface area contributed by atoms with Crippen molar-refractivity contribution in [1.82, 2.24) is 0 Å². The average Bonchev–Trinajstić information content (AvgIpc) is 1.87. The van der Waals surface area contributed by atoms with Crippen molar-refractivity contribution in [1.29, 1.82) is 0 Å². The molecule has 0 spiro atoms. The van der Waals surface area contributed by atoms with Crippen LogP contribution in [0.2, 0.25) is 0 Å². The maximum Gasteiger partial charge on any atom is 0.400 e. The number of rotatable bonds is 0. The molecule has 0 bridgehead atoms. The number of hydrogen-bond acceptors (Lipinski definition) is 2. The van der Waals surface area contributed by atoms with Gasteiger partial charge in [-0.3, -0.25) is 0 Å². The Morgan fingerprint density at radius 2 is 2.57 bits per heavy atom. The van der Waals surface area contributed by atoms with Gasteiger partial charge in [-0.1, -0.05) is 0 Å². The van der Waals surface area contributed by atoms with Crippen LogP contribution in [-0.2, 0) is 9.05 Å². The summed E-state index contributed by atoms with van der Waals surface area (Å²) >= 11 is 5.38. The summed E-state index contributed by atoms with van der Waals surface area (Å²) in [5, 5.41) is 0. The maximum atomic E-state index is 5.38. The van der Waals surface area contributed by atoms with Crippen molar-refractivity contribution in [3.8, 4) is 0 Å². The van der Waals surface area contributed by atoms with Crippen LogP contribution >= 0.6 is 19.0 Å². The van der Waals surface area contributed by atoms with Crippen LogP contribution in [0, 0.1) is 0 Å². The molecular formula is C3H4ClO2P. The molecule has 1 rings (SSSR count). The molecule has 1 atom stereocenters. The normalized spacial score (nSPS) is 28.3. The molecule has 0 radical (unpaired) electrons. The van der Waals surface area contributed by atoms with E-state index in [-0.39, 0.29) is 0 Å². The first-order valence-corrected chi connectivity index (χ1v) is 3.85. The van der Waals surface area contributed by atoms with Crippen molar-refractivity contribution in [3.05, 3.63) is 12.0 Å². The lowest BCUT2D eigenvalue weighted by molar-refractivity contribution is 0.470. The molecular weight excluding hydrogens is 134 g/mol. The third-order valence-corrected chi connectivity index (χ3v) is 1.67. The van der Waals surface area contributed by atoms with Crippen molar-refractivity contribution in [2.45, 2.75) is 6.92 Å². The average molecular weight is 138 g/mol. The monoisotopic (exact) mass is 138 g/mol. The van der Waals surface area contributed by atoms with Gasteiger partial charge in [-0.15, -0.1) is 0 Å². The zero-order valence-electron chi connectivity index (χ0n) is 3.72. The second kappa shape index (κ2) is 1.89. The van der Waals surface area contributed by atoms with E-state index in [0.717, 1.165) is 5.76 Å². The van der Waals surface area contributed by atoms with Gasteiger partial charge in [0.25, 0.3) is 0 Å². The van der Waals surface area contributed by atoms with Crippen LogP contribution < -0.4 is 0 Å². The molecule has 2 nitrogen and oxygen atoms in total. The molecule has 0 aromatic carbocycles. The van der Waals surface area contributed by atoms with Gasteiger partial charge in [0.05, 0.1) is 0 Å². The lowest BCUT2D eigenvalue weighted by Gasteiger charge is -1.94. The standard InChI is InChI=1S/C3H4ClO2P/c1-3-2-5-7(4)6-3/h2H,1H3. The van der Waals surface area contributed by atoms with Crippen molar-refractivity contribution in [3.63, 3.8) is 0 Å². The first kappa shape index (κ1) is 5.20.